The summed E-state index contributed by atoms with van der Waals surface area (Å²) in [4.78, 5) is 28.4. The number of methoxy groups -OCH3 is 2. The number of nitrogens with one attached hydrogen (secondary N) is 1. The lowest BCUT2D eigenvalue weighted by molar-refractivity contribution is -0.139. The third kappa shape index (κ3) is 7.32. The topological polar surface area (TPSA) is 105 Å². The number of benzene rings is 3. The van der Waals surface area contributed by atoms with E-state index in [9.17, 15) is 18.0 Å². The van der Waals surface area contributed by atoms with Crippen LogP contribution in [0.2, 0.25) is 0 Å². The van der Waals surface area contributed by atoms with Gasteiger partial charge in [-0.15, -0.1) is 0 Å². The number of anilines is 1. The van der Waals surface area contributed by atoms with Crippen molar-refractivity contribution in [3.8, 4) is 11.5 Å². The Morgan fingerprint density at radius 3 is 2.30 bits per heavy atom. The van der Waals surface area contributed by atoms with Crippen LogP contribution in [0.25, 0.3) is 0 Å². The Hall–Kier alpha value is -4.05. The minimum absolute atomic E-state index is 0.00615. The highest BCUT2D eigenvalue weighted by Crippen LogP contribution is 2.36. The van der Waals surface area contributed by atoms with Gasteiger partial charge in [0.1, 0.15) is 24.1 Å². The number of aryl methyl sites for hydroxylation is 1. The van der Waals surface area contributed by atoms with Gasteiger partial charge in [0.05, 0.1) is 24.8 Å². The molecule has 0 saturated heterocycles. The fourth-order valence-corrected chi connectivity index (χ4v) is 5.65. The number of sulfonamides is 1. The Kier molecular flexibility index (Phi) is 10.6. The van der Waals surface area contributed by atoms with Gasteiger partial charge in [-0.05, 0) is 50.1 Å². The Balaban J connectivity index is 2.10. The van der Waals surface area contributed by atoms with Gasteiger partial charge >= 0.3 is 0 Å². The lowest BCUT2D eigenvalue weighted by atomic mass is 10.1. The van der Waals surface area contributed by atoms with E-state index < -0.39 is 28.5 Å². The monoisotopic (exact) mass is 567 g/mol. The lowest BCUT2D eigenvalue weighted by Crippen LogP contribution is -2.51. The van der Waals surface area contributed by atoms with Gasteiger partial charge in [-0.25, -0.2) is 8.42 Å². The first-order chi connectivity index (χ1) is 19.1. The Morgan fingerprint density at radius 1 is 0.950 bits per heavy atom. The van der Waals surface area contributed by atoms with Gasteiger partial charge < -0.3 is 19.7 Å². The van der Waals surface area contributed by atoms with Crippen LogP contribution < -0.4 is 19.1 Å². The van der Waals surface area contributed by atoms with E-state index in [0.29, 0.717) is 12.3 Å². The normalized spacial score (nSPS) is 11.8. The molecular formula is C30H37N3O6S. The van der Waals surface area contributed by atoms with Crippen molar-refractivity contribution in [3.05, 3.63) is 83.9 Å². The first-order valence-electron chi connectivity index (χ1n) is 13.0. The number of nitrogens with zero attached hydrogens (tertiary/aromatic N) is 2. The number of rotatable bonds is 13. The molecule has 9 nitrogen and oxygen atoms in total. The maximum Gasteiger partial charge on any atom is 0.264 e. The highest BCUT2D eigenvalue weighted by atomic mass is 32.2. The second-order valence-electron chi connectivity index (χ2n) is 9.34. The molecule has 0 saturated carbocycles. The summed E-state index contributed by atoms with van der Waals surface area (Å²) >= 11 is 0. The van der Waals surface area contributed by atoms with Crippen molar-refractivity contribution in [2.45, 2.75) is 44.7 Å². The summed E-state index contributed by atoms with van der Waals surface area (Å²) in [6.07, 6.45) is 0.739. The Labute approximate surface area is 236 Å². The van der Waals surface area contributed by atoms with Crippen LogP contribution in [0.15, 0.2) is 77.7 Å². The molecule has 0 aliphatic carbocycles. The van der Waals surface area contributed by atoms with E-state index in [1.165, 1.54) is 37.3 Å². The summed E-state index contributed by atoms with van der Waals surface area (Å²) in [6.45, 7) is 5.53. The summed E-state index contributed by atoms with van der Waals surface area (Å²) < 4.78 is 39.8. The predicted molar refractivity (Wildman–Crippen MR) is 155 cm³/mol. The van der Waals surface area contributed by atoms with E-state index in [1.807, 2.05) is 38.1 Å². The Bertz CT molecular complexity index is 1410. The van der Waals surface area contributed by atoms with E-state index >= 15 is 0 Å². The van der Waals surface area contributed by atoms with Crippen molar-refractivity contribution in [3.63, 3.8) is 0 Å². The quantitative estimate of drug-likeness (QED) is 0.333. The zero-order valence-electron chi connectivity index (χ0n) is 23.6. The van der Waals surface area contributed by atoms with Gasteiger partial charge in [-0.2, -0.15) is 0 Å². The van der Waals surface area contributed by atoms with E-state index in [4.69, 9.17) is 9.47 Å². The van der Waals surface area contributed by atoms with Crippen molar-refractivity contribution in [1.29, 1.82) is 0 Å². The van der Waals surface area contributed by atoms with Crippen molar-refractivity contribution in [2.75, 3.05) is 31.6 Å². The lowest BCUT2D eigenvalue weighted by Gasteiger charge is -2.32. The first-order valence-corrected chi connectivity index (χ1v) is 14.5. The molecule has 3 aromatic rings. The third-order valence-corrected chi connectivity index (χ3v) is 8.19. The number of hydrogen-bond acceptors (Lipinski definition) is 6. The number of amides is 2. The van der Waals surface area contributed by atoms with Crippen LogP contribution >= 0.6 is 0 Å². The Morgan fingerprint density at radius 2 is 1.68 bits per heavy atom. The molecule has 0 heterocycles. The van der Waals surface area contributed by atoms with Crippen LogP contribution in [0.4, 0.5) is 5.69 Å². The molecule has 0 aliphatic heterocycles. The summed E-state index contributed by atoms with van der Waals surface area (Å²) in [6, 6.07) is 19.4. The molecule has 214 valence electrons. The van der Waals surface area contributed by atoms with E-state index in [2.05, 4.69) is 5.32 Å². The SMILES string of the molecule is CCCNC(=O)[C@H](C)N(Cc1cccc(C)c1)C(=O)CN(c1cc(OC)ccc1OC)S(=O)(=O)c1ccccc1. The predicted octanol–water partition coefficient (Wildman–Crippen LogP) is 4.15. The standard InChI is InChI=1S/C30H37N3O6S/c1-6-17-31-30(35)23(3)32(20-24-12-10-11-22(2)18-24)29(34)21-33(40(36,37)26-13-8-7-9-14-26)27-19-25(38-4)15-16-28(27)39-5/h7-16,18-19,23H,6,17,20-21H2,1-5H3,(H,31,35)/t23-/m0/s1. The molecule has 1 atom stereocenters. The molecule has 3 rings (SSSR count). The van der Waals surface area contributed by atoms with Gasteiger partial charge in [0.25, 0.3) is 10.0 Å². The average Bonchev–Trinajstić information content (AvgIpc) is 2.97. The van der Waals surface area contributed by atoms with Crippen molar-refractivity contribution in [1.82, 2.24) is 10.2 Å². The molecule has 3 aromatic carbocycles. The summed E-state index contributed by atoms with van der Waals surface area (Å²) in [5, 5.41) is 2.84. The molecule has 0 spiro atoms. The molecule has 1 N–H and O–H groups in total. The van der Waals surface area contributed by atoms with Crippen molar-refractivity contribution >= 4 is 27.5 Å². The van der Waals surface area contributed by atoms with Crippen LogP contribution in [0.1, 0.15) is 31.4 Å². The van der Waals surface area contributed by atoms with Gasteiger partial charge in [0.15, 0.2) is 0 Å². The van der Waals surface area contributed by atoms with Gasteiger partial charge in [0, 0.05) is 19.2 Å². The number of ether oxygens (including phenoxy) is 2. The molecule has 0 aromatic heterocycles. The molecule has 0 unspecified atom stereocenters. The molecule has 40 heavy (non-hydrogen) atoms. The molecule has 0 bridgehead atoms. The van der Waals surface area contributed by atoms with Crippen molar-refractivity contribution in [2.24, 2.45) is 0 Å². The minimum Gasteiger partial charge on any atom is -0.497 e. The molecule has 0 radical (unpaired) electrons. The van der Waals surface area contributed by atoms with Crippen LogP contribution in [-0.2, 0) is 26.2 Å². The number of hydrogen-bond donors (Lipinski definition) is 1. The fourth-order valence-electron chi connectivity index (χ4n) is 4.21. The van der Waals surface area contributed by atoms with Crippen LogP contribution in [0.3, 0.4) is 0 Å². The molecule has 0 fully saturated rings. The molecular weight excluding hydrogens is 530 g/mol. The van der Waals surface area contributed by atoms with Crippen LogP contribution in [0.5, 0.6) is 11.5 Å². The fraction of sp³-hybridized carbons (Fsp3) is 0.333. The highest BCUT2D eigenvalue weighted by Gasteiger charge is 2.34. The average molecular weight is 568 g/mol. The highest BCUT2D eigenvalue weighted by molar-refractivity contribution is 7.92. The number of carbonyl (C=O) groups excluding carboxylic acids is 2. The molecule has 0 aliphatic rings. The molecule has 10 heteroatoms. The zero-order chi connectivity index (χ0) is 29.3. The largest absolute Gasteiger partial charge is 0.497 e. The van der Waals surface area contributed by atoms with Gasteiger partial charge in [-0.1, -0.05) is 55.0 Å². The summed E-state index contributed by atoms with van der Waals surface area (Å²) in [7, 11) is -1.34. The van der Waals surface area contributed by atoms with E-state index in [1.54, 1.807) is 37.3 Å². The maximum absolute atomic E-state index is 14.0. The van der Waals surface area contributed by atoms with Crippen LogP contribution in [0, 0.1) is 6.92 Å². The van der Waals surface area contributed by atoms with E-state index in [0.717, 1.165) is 21.9 Å². The van der Waals surface area contributed by atoms with E-state index in [-0.39, 0.29) is 28.8 Å². The first kappa shape index (κ1) is 30.5. The van der Waals surface area contributed by atoms with Crippen LogP contribution in [-0.4, -0.2) is 58.5 Å². The smallest absolute Gasteiger partial charge is 0.264 e. The van der Waals surface area contributed by atoms with Crippen molar-refractivity contribution < 1.29 is 27.5 Å². The van der Waals surface area contributed by atoms with Gasteiger partial charge in [-0.3, -0.25) is 13.9 Å². The summed E-state index contributed by atoms with van der Waals surface area (Å²) in [5.41, 5.74) is 1.96. The third-order valence-electron chi connectivity index (χ3n) is 6.42. The summed E-state index contributed by atoms with van der Waals surface area (Å²) in [5.74, 6) is -0.239. The molecule has 2 amide bonds. The second kappa shape index (κ2) is 13.8. The number of carbonyl (C=O) groups is 2. The van der Waals surface area contributed by atoms with Gasteiger partial charge in [0.2, 0.25) is 11.8 Å². The minimum atomic E-state index is -4.23. The second-order valence-corrected chi connectivity index (χ2v) is 11.2. The zero-order valence-corrected chi connectivity index (χ0v) is 24.4. The maximum atomic E-state index is 14.0.